The van der Waals surface area contributed by atoms with Crippen molar-refractivity contribution in [2.45, 2.75) is 90.8 Å². The first-order valence-corrected chi connectivity index (χ1v) is 23.4. The number of para-hydroxylation sites is 1. The molecule has 0 saturated heterocycles. The van der Waals surface area contributed by atoms with Crippen molar-refractivity contribution < 1.29 is 19.1 Å². The average Bonchev–Trinajstić information content (AvgIpc) is 3.84. The summed E-state index contributed by atoms with van der Waals surface area (Å²) in [7, 11) is 0. The maximum atomic E-state index is 14.1. The summed E-state index contributed by atoms with van der Waals surface area (Å²) in [6, 6.07) is 51.4. The predicted molar refractivity (Wildman–Crippen MR) is 265 cm³/mol. The van der Waals surface area contributed by atoms with Crippen molar-refractivity contribution in [3.8, 4) is 22.5 Å². The molecule has 0 saturated carbocycles. The number of nitrogens with zero attached hydrogens (tertiary/aromatic N) is 5. The monoisotopic (exact) mass is 895 g/mol. The van der Waals surface area contributed by atoms with Gasteiger partial charge in [-0.15, -0.1) is 5.10 Å². The summed E-state index contributed by atoms with van der Waals surface area (Å²) in [6.07, 6.45) is 1.70. The fraction of sp³-hybridized carbons (Fsp3) is 0.286. The third-order valence-electron chi connectivity index (χ3n) is 12.2. The first-order chi connectivity index (χ1) is 32.6. The SMILES string of the molecule is CCCCC(=O)N(Cc1ccc(-c2ccccc2-c2nnnn2C(c2ccccc2)(c2ccccc2)c2ccccc2)cc1)C(CNC(=O)Nc1c(C(C)C)cccc1C(C)C)C(=O)OCC. The van der Waals surface area contributed by atoms with Crippen LogP contribution in [-0.4, -0.2) is 62.2 Å². The number of urea groups is 1. The number of carbonyl (C=O) groups is 3. The van der Waals surface area contributed by atoms with E-state index in [-0.39, 0.29) is 43.9 Å². The van der Waals surface area contributed by atoms with Gasteiger partial charge in [0.2, 0.25) is 5.91 Å². The van der Waals surface area contributed by atoms with Crippen LogP contribution in [0.3, 0.4) is 0 Å². The van der Waals surface area contributed by atoms with E-state index in [2.05, 4.69) is 86.0 Å². The highest BCUT2D eigenvalue weighted by molar-refractivity contribution is 5.92. The highest BCUT2D eigenvalue weighted by atomic mass is 16.5. The van der Waals surface area contributed by atoms with Gasteiger partial charge in [-0.05, 0) is 80.1 Å². The molecule has 0 bridgehead atoms. The molecule has 11 nitrogen and oxygen atoms in total. The van der Waals surface area contributed by atoms with Crippen LogP contribution in [0.25, 0.3) is 22.5 Å². The van der Waals surface area contributed by atoms with Crippen molar-refractivity contribution in [2.24, 2.45) is 0 Å². The van der Waals surface area contributed by atoms with Crippen molar-refractivity contribution in [2.75, 3.05) is 18.5 Å². The molecule has 0 aliphatic rings. The van der Waals surface area contributed by atoms with Crippen LogP contribution in [-0.2, 0) is 26.4 Å². The number of nitrogens with one attached hydrogen (secondary N) is 2. The molecule has 0 aliphatic carbocycles. The summed E-state index contributed by atoms with van der Waals surface area (Å²) in [4.78, 5) is 43.0. The molecule has 1 unspecified atom stereocenters. The highest BCUT2D eigenvalue weighted by Crippen LogP contribution is 2.43. The lowest BCUT2D eigenvalue weighted by molar-refractivity contribution is -0.155. The largest absolute Gasteiger partial charge is 0.464 e. The Morgan fingerprint density at radius 1 is 0.672 bits per heavy atom. The van der Waals surface area contributed by atoms with Crippen LogP contribution < -0.4 is 10.6 Å². The van der Waals surface area contributed by atoms with E-state index in [4.69, 9.17) is 15.0 Å². The molecule has 0 fully saturated rings. The molecular weight excluding hydrogens is 835 g/mol. The predicted octanol–water partition coefficient (Wildman–Crippen LogP) is 11.4. The molecule has 1 aromatic heterocycles. The molecule has 3 amide bonds. The highest BCUT2D eigenvalue weighted by Gasteiger charge is 2.42. The zero-order valence-electron chi connectivity index (χ0n) is 39.4. The Balaban J connectivity index is 1.22. The zero-order valence-corrected chi connectivity index (χ0v) is 39.4. The summed E-state index contributed by atoms with van der Waals surface area (Å²) < 4.78 is 7.48. The third-order valence-corrected chi connectivity index (χ3v) is 12.2. The molecule has 11 heteroatoms. The van der Waals surface area contributed by atoms with Crippen LogP contribution in [0.5, 0.6) is 0 Å². The maximum absolute atomic E-state index is 14.1. The Labute approximate surface area is 394 Å². The number of benzene rings is 6. The minimum absolute atomic E-state index is 0.122. The topological polar surface area (TPSA) is 131 Å². The fourth-order valence-electron chi connectivity index (χ4n) is 8.85. The lowest BCUT2D eigenvalue weighted by atomic mass is 9.77. The number of tetrazole rings is 1. The van der Waals surface area contributed by atoms with Crippen molar-refractivity contribution >= 4 is 23.6 Å². The van der Waals surface area contributed by atoms with Gasteiger partial charge in [-0.1, -0.05) is 199 Å². The minimum atomic E-state index is -1.07. The van der Waals surface area contributed by atoms with Gasteiger partial charge in [-0.2, -0.15) is 0 Å². The molecule has 1 heterocycles. The van der Waals surface area contributed by atoms with Crippen molar-refractivity contribution in [1.29, 1.82) is 0 Å². The van der Waals surface area contributed by atoms with E-state index in [1.165, 1.54) is 0 Å². The standard InChI is InChI=1S/C56H61N7O4/c1-7-9-32-51(64)62(50(54(65)67-8-2)37-57-55(66)58-52-46(39(3)4)30-21-31-47(52)40(5)6)38-41-33-35-42(36-34-41)48-28-19-20-29-49(48)53-59-60-61-63(53)56(43-22-13-10-14-23-43,44-24-15-11-16-25-44)45-26-17-12-18-27-45/h10-31,33-36,39-40,50H,7-9,32,37-38H2,1-6H3,(H2,57,58,66). The van der Waals surface area contributed by atoms with Crippen LogP contribution in [0.15, 0.2) is 158 Å². The molecule has 7 rings (SSSR count). The molecule has 2 N–H and O–H groups in total. The Morgan fingerprint density at radius 3 is 1.73 bits per heavy atom. The van der Waals surface area contributed by atoms with E-state index in [0.29, 0.717) is 12.2 Å². The van der Waals surface area contributed by atoms with E-state index < -0.39 is 23.6 Å². The second kappa shape index (κ2) is 22.2. The van der Waals surface area contributed by atoms with Gasteiger partial charge in [0.05, 0.1) is 13.2 Å². The Bertz CT molecular complexity index is 2600. The number of carbonyl (C=O) groups excluding carboxylic acids is 3. The van der Waals surface area contributed by atoms with E-state index in [1.807, 2.05) is 127 Å². The Kier molecular flexibility index (Phi) is 15.8. The summed E-state index contributed by atoms with van der Waals surface area (Å²) >= 11 is 0. The van der Waals surface area contributed by atoms with Crippen molar-refractivity contribution in [3.63, 3.8) is 0 Å². The van der Waals surface area contributed by atoms with Crippen LogP contribution in [0.4, 0.5) is 10.5 Å². The number of hydrogen-bond donors (Lipinski definition) is 2. The third kappa shape index (κ3) is 10.5. The Hall–Kier alpha value is -7.40. The van der Waals surface area contributed by atoms with Gasteiger partial charge in [0.15, 0.2) is 5.82 Å². The molecule has 0 aliphatic heterocycles. The number of hydrogen-bond acceptors (Lipinski definition) is 7. The molecule has 67 heavy (non-hydrogen) atoms. The lowest BCUT2D eigenvalue weighted by Crippen LogP contribution is -2.52. The average molecular weight is 896 g/mol. The van der Waals surface area contributed by atoms with Crippen LogP contribution >= 0.6 is 0 Å². The molecule has 344 valence electrons. The van der Waals surface area contributed by atoms with Gasteiger partial charge in [0, 0.05) is 24.2 Å². The molecular formula is C56H61N7O4. The van der Waals surface area contributed by atoms with Gasteiger partial charge in [-0.3, -0.25) is 4.79 Å². The maximum Gasteiger partial charge on any atom is 0.330 e. The van der Waals surface area contributed by atoms with Crippen molar-refractivity contribution in [3.05, 3.63) is 191 Å². The number of anilines is 1. The molecule has 1 atom stereocenters. The van der Waals surface area contributed by atoms with Gasteiger partial charge in [0.25, 0.3) is 0 Å². The number of rotatable bonds is 19. The van der Waals surface area contributed by atoms with Crippen LogP contribution in [0, 0.1) is 0 Å². The van der Waals surface area contributed by atoms with Gasteiger partial charge >= 0.3 is 12.0 Å². The van der Waals surface area contributed by atoms with Gasteiger partial charge in [0.1, 0.15) is 11.6 Å². The van der Waals surface area contributed by atoms with Crippen LogP contribution in [0.1, 0.15) is 106 Å². The van der Waals surface area contributed by atoms with Crippen LogP contribution in [0.2, 0.25) is 0 Å². The summed E-state index contributed by atoms with van der Waals surface area (Å²) in [6.45, 7) is 12.2. The molecule has 0 radical (unpaired) electrons. The first-order valence-electron chi connectivity index (χ1n) is 23.4. The first kappa shape index (κ1) is 47.6. The quantitative estimate of drug-likeness (QED) is 0.0610. The smallest absolute Gasteiger partial charge is 0.330 e. The number of esters is 1. The second-order valence-corrected chi connectivity index (χ2v) is 17.3. The molecule has 6 aromatic carbocycles. The van der Waals surface area contributed by atoms with E-state index in [9.17, 15) is 14.4 Å². The van der Waals surface area contributed by atoms with E-state index in [1.54, 1.807) is 11.8 Å². The van der Waals surface area contributed by atoms with Gasteiger partial charge < -0.3 is 20.3 Å². The zero-order chi connectivity index (χ0) is 47.3. The number of ether oxygens (including phenoxy) is 1. The number of aromatic nitrogens is 4. The number of amides is 3. The van der Waals surface area contributed by atoms with E-state index in [0.717, 1.165) is 62.2 Å². The fourth-order valence-corrected chi connectivity index (χ4v) is 8.85. The summed E-state index contributed by atoms with van der Waals surface area (Å²) in [5, 5.41) is 19.8. The normalized spacial score (nSPS) is 11.9. The summed E-state index contributed by atoms with van der Waals surface area (Å²) in [5.41, 5.74) is 8.29. The Morgan fingerprint density at radius 2 is 1.21 bits per heavy atom. The van der Waals surface area contributed by atoms with E-state index >= 15 is 0 Å². The molecule has 7 aromatic rings. The van der Waals surface area contributed by atoms with Crippen molar-refractivity contribution in [1.82, 2.24) is 30.4 Å². The minimum Gasteiger partial charge on any atom is -0.464 e. The summed E-state index contributed by atoms with van der Waals surface area (Å²) in [5.74, 6) is 0.131. The number of unbranched alkanes of at least 4 members (excludes halogenated alkanes) is 1. The second-order valence-electron chi connectivity index (χ2n) is 17.3. The molecule has 0 spiro atoms. The lowest BCUT2D eigenvalue weighted by Gasteiger charge is -2.36. The van der Waals surface area contributed by atoms with Gasteiger partial charge in [-0.25, -0.2) is 14.3 Å².